The van der Waals surface area contributed by atoms with Crippen LogP contribution in [0.5, 0.6) is 0 Å². The molecule has 0 aromatic heterocycles. The van der Waals surface area contributed by atoms with Gasteiger partial charge in [-0.3, -0.25) is 0 Å². The van der Waals surface area contributed by atoms with Crippen LogP contribution in [0.3, 0.4) is 0 Å². The fraction of sp³-hybridized carbons (Fsp3) is 0.333. The van der Waals surface area contributed by atoms with E-state index in [0.29, 0.717) is 0 Å². The summed E-state index contributed by atoms with van der Waals surface area (Å²) in [6, 6.07) is 0. The molecule has 0 fully saturated rings. The summed E-state index contributed by atoms with van der Waals surface area (Å²) in [6.45, 7) is 3.81. The van der Waals surface area contributed by atoms with Gasteiger partial charge in [-0.25, -0.2) is 4.21 Å². The molecule has 3 heteroatoms. The van der Waals surface area contributed by atoms with Gasteiger partial charge in [-0.1, -0.05) is 0 Å². The van der Waals surface area contributed by atoms with Crippen LogP contribution in [0.4, 0.5) is 0 Å². The molecule has 0 saturated heterocycles. The fourth-order valence-corrected chi connectivity index (χ4v) is 1.30. The van der Waals surface area contributed by atoms with Gasteiger partial charge in [-0.05, 0) is 25.5 Å². The Morgan fingerprint density at radius 2 is 2.22 bits per heavy atom. The SMILES string of the molecule is CC1=C(C)S(=O)NC=C1. The van der Waals surface area contributed by atoms with Crippen LogP contribution in [-0.4, -0.2) is 4.21 Å². The standard InChI is InChI=1S/C6H9NOS/c1-5-3-4-7-9(8)6(5)2/h3-4,7H,1-2H3. The van der Waals surface area contributed by atoms with E-state index in [9.17, 15) is 4.21 Å². The minimum absolute atomic E-state index is 0.914. The molecule has 0 radical (unpaired) electrons. The number of allylic oxidation sites excluding steroid dienone is 3. The second kappa shape index (κ2) is 2.35. The van der Waals surface area contributed by atoms with Crippen molar-refractivity contribution in [3.63, 3.8) is 0 Å². The molecular weight excluding hydrogens is 134 g/mol. The lowest BCUT2D eigenvalue weighted by Gasteiger charge is -2.08. The Kier molecular flexibility index (Phi) is 1.71. The molecule has 0 aromatic carbocycles. The maximum absolute atomic E-state index is 10.9. The van der Waals surface area contributed by atoms with Gasteiger partial charge in [0.1, 0.15) is 11.0 Å². The summed E-state index contributed by atoms with van der Waals surface area (Å²) in [4.78, 5) is 0.914. The van der Waals surface area contributed by atoms with Gasteiger partial charge in [-0.2, -0.15) is 0 Å². The van der Waals surface area contributed by atoms with Crippen molar-refractivity contribution >= 4 is 11.0 Å². The lowest BCUT2D eigenvalue weighted by atomic mass is 10.3. The first kappa shape index (κ1) is 6.55. The molecule has 0 amide bonds. The lowest BCUT2D eigenvalue weighted by Crippen LogP contribution is -2.14. The molecule has 1 rings (SSSR count). The molecule has 1 aliphatic rings. The Hall–Kier alpha value is -0.570. The summed E-state index contributed by atoms with van der Waals surface area (Å²) in [5.41, 5.74) is 1.09. The van der Waals surface area contributed by atoms with E-state index in [4.69, 9.17) is 0 Å². The van der Waals surface area contributed by atoms with E-state index >= 15 is 0 Å². The van der Waals surface area contributed by atoms with E-state index in [0.717, 1.165) is 10.5 Å². The van der Waals surface area contributed by atoms with Crippen LogP contribution in [0.25, 0.3) is 0 Å². The normalized spacial score (nSPS) is 26.2. The van der Waals surface area contributed by atoms with E-state index in [-0.39, 0.29) is 0 Å². The molecule has 50 valence electrons. The molecule has 1 heterocycles. The predicted molar refractivity (Wildman–Crippen MR) is 38.8 cm³/mol. The highest BCUT2D eigenvalue weighted by molar-refractivity contribution is 7.87. The van der Waals surface area contributed by atoms with Crippen molar-refractivity contribution in [3.05, 3.63) is 22.8 Å². The fourth-order valence-electron chi connectivity index (χ4n) is 0.573. The van der Waals surface area contributed by atoms with Crippen LogP contribution in [-0.2, 0) is 11.0 Å². The summed E-state index contributed by atoms with van der Waals surface area (Å²) in [5.74, 6) is 0. The third kappa shape index (κ3) is 1.21. The first-order valence-corrected chi connectivity index (χ1v) is 3.89. The van der Waals surface area contributed by atoms with Crippen LogP contribution in [0, 0.1) is 0 Å². The van der Waals surface area contributed by atoms with Crippen LogP contribution >= 0.6 is 0 Å². The van der Waals surface area contributed by atoms with Gasteiger partial charge in [0.15, 0.2) is 0 Å². The zero-order valence-corrected chi connectivity index (χ0v) is 6.29. The van der Waals surface area contributed by atoms with E-state index < -0.39 is 11.0 Å². The van der Waals surface area contributed by atoms with Gasteiger partial charge in [0.05, 0.1) is 0 Å². The average Bonchev–Trinajstić information content (AvgIpc) is 1.83. The largest absolute Gasteiger partial charge is 0.308 e. The van der Waals surface area contributed by atoms with E-state index in [1.54, 1.807) is 6.20 Å². The number of hydrogen-bond donors (Lipinski definition) is 1. The first-order valence-electron chi connectivity index (χ1n) is 2.74. The van der Waals surface area contributed by atoms with Gasteiger partial charge < -0.3 is 4.72 Å². The van der Waals surface area contributed by atoms with Gasteiger partial charge in [0.2, 0.25) is 0 Å². The molecule has 0 bridgehead atoms. The van der Waals surface area contributed by atoms with Crippen molar-refractivity contribution < 1.29 is 4.21 Å². The second-order valence-electron chi connectivity index (χ2n) is 1.96. The molecule has 1 aliphatic heterocycles. The molecule has 1 atom stereocenters. The van der Waals surface area contributed by atoms with Crippen molar-refractivity contribution in [2.75, 3.05) is 0 Å². The van der Waals surface area contributed by atoms with Crippen molar-refractivity contribution in [2.24, 2.45) is 0 Å². The Labute approximate surface area is 57.2 Å². The Balaban J connectivity index is 2.97. The third-order valence-electron chi connectivity index (χ3n) is 1.34. The van der Waals surface area contributed by atoms with E-state index in [2.05, 4.69) is 4.72 Å². The zero-order valence-electron chi connectivity index (χ0n) is 5.47. The van der Waals surface area contributed by atoms with Gasteiger partial charge in [0.25, 0.3) is 0 Å². The van der Waals surface area contributed by atoms with Crippen LogP contribution in [0.1, 0.15) is 13.8 Å². The van der Waals surface area contributed by atoms with E-state index in [1.165, 1.54) is 0 Å². The van der Waals surface area contributed by atoms with Gasteiger partial charge in [0, 0.05) is 11.1 Å². The molecule has 1 N–H and O–H groups in total. The molecule has 2 nitrogen and oxygen atoms in total. The first-order chi connectivity index (χ1) is 4.22. The molecule has 9 heavy (non-hydrogen) atoms. The Bertz CT molecular complexity index is 205. The predicted octanol–water partition coefficient (Wildman–Crippen LogP) is 1.06. The average molecular weight is 143 g/mol. The Morgan fingerprint density at radius 1 is 1.56 bits per heavy atom. The topological polar surface area (TPSA) is 29.1 Å². The zero-order chi connectivity index (χ0) is 6.85. The molecular formula is C6H9NOS. The molecule has 0 aliphatic carbocycles. The Morgan fingerprint density at radius 3 is 2.67 bits per heavy atom. The molecule has 0 aromatic rings. The maximum Gasteiger partial charge on any atom is 0.145 e. The summed E-state index contributed by atoms with van der Waals surface area (Å²) in [5, 5.41) is 0. The minimum Gasteiger partial charge on any atom is -0.308 e. The maximum atomic E-state index is 10.9. The number of hydrogen-bond acceptors (Lipinski definition) is 1. The van der Waals surface area contributed by atoms with Crippen molar-refractivity contribution in [3.8, 4) is 0 Å². The van der Waals surface area contributed by atoms with Crippen molar-refractivity contribution in [2.45, 2.75) is 13.8 Å². The van der Waals surface area contributed by atoms with Crippen molar-refractivity contribution in [1.82, 2.24) is 4.72 Å². The highest BCUT2D eigenvalue weighted by Gasteiger charge is 2.05. The van der Waals surface area contributed by atoms with Crippen LogP contribution in [0.2, 0.25) is 0 Å². The van der Waals surface area contributed by atoms with Crippen LogP contribution < -0.4 is 4.72 Å². The smallest absolute Gasteiger partial charge is 0.145 e. The summed E-state index contributed by atoms with van der Waals surface area (Å²) >= 11 is 0. The number of nitrogens with one attached hydrogen (secondary N) is 1. The van der Waals surface area contributed by atoms with Gasteiger partial charge in [-0.15, -0.1) is 0 Å². The lowest BCUT2D eigenvalue weighted by molar-refractivity contribution is 0.682. The minimum atomic E-state index is -0.972. The molecule has 1 unspecified atom stereocenters. The monoisotopic (exact) mass is 143 g/mol. The quantitative estimate of drug-likeness (QED) is 0.539. The molecule has 0 spiro atoms. The van der Waals surface area contributed by atoms with E-state index in [1.807, 2.05) is 19.9 Å². The van der Waals surface area contributed by atoms with Crippen molar-refractivity contribution in [1.29, 1.82) is 0 Å². The summed E-state index contributed by atoms with van der Waals surface area (Å²) in [6.07, 6.45) is 3.62. The highest BCUT2D eigenvalue weighted by Crippen LogP contribution is 2.10. The van der Waals surface area contributed by atoms with Crippen LogP contribution in [0.15, 0.2) is 22.8 Å². The second-order valence-corrected chi connectivity index (χ2v) is 3.34. The summed E-state index contributed by atoms with van der Waals surface area (Å²) in [7, 11) is -0.972. The summed E-state index contributed by atoms with van der Waals surface area (Å²) < 4.78 is 13.6. The third-order valence-corrected chi connectivity index (χ3v) is 2.57. The highest BCUT2D eigenvalue weighted by atomic mass is 32.2. The molecule has 0 saturated carbocycles. The number of rotatable bonds is 0. The van der Waals surface area contributed by atoms with Gasteiger partial charge >= 0.3 is 0 Å².